The molecule has 86 heavy (non-hydrogen) atoms. The molecule has 0 bridgehead atoms. The Morgan fingerprint density at radius 2 is 0.395 bits per heavy atom. The van der Waals surface area contributed by atoms with Crippen LogP contribution in [0.4, 0.5) is 0 Å². The van der Waals surface area contributed by atoms with E-state index >= 15 is 0 Å². The number of ether oxygens (including phenoxy) is 23. The monoisotopic (exact) mass is 1250 g/mol. The molecule has 1 saturated carbocycles. The molecular formula is C63H126O23. The fourth-order valence-electron chi connectivity index (χ4n) is 7.95. The van der Waals surface area contributed by atoms with Crippen molar-refractivity contribution >= 4 is 0 Å². The second-order valence-corrected chi connectivity index (χ2v) is 20.7. The third-order valence-corrected chi connectivity index (χ3v) is 12.3. The first kappa shape index (κ1) is 83.1. The van der Waals surface area contributed by atoms with E-state index in [9.17, 15) is 0 Å². The summed E-state index contributed by atoms with van der Waals surface area (Å²) in [6.07, 6.45) is 5.34. The summed E-state index contributed by atoms with van der Waals surface area (Å²) in [5.74, 6) is 0. The van der Waals surface area contributed by atoms with Gasteiger partial charge in [-0.3, -0.25) is 0 Å². The maximum atomic E-state index is 6.61. The van der Waals surface area contributed by atoms with Gasteiger partial charge in [-0.15, -0.1) is 0 Å². The second-order valence-electron chi connectivity index (χ2n) is 20.7. The average Bonchev–Trinajstić information content (AvgIpc) is 2.22. The van der Waals surface area contributed by atoms with E-state index in [1.807, 2.05) is 0 Å². The normalized spacial score (nSPS) is 17.1. The first-order chi connectivity index (χ1) is 42.5. The Balaban J connectivity index is 3.06. The van der Waals surface area contributed by atoms with Crippen molar-refractivity contribution in [2.75, 3.05) is 251 Å². The SMILES string of the molecule is CCCOCCOCCOCC(COCC(COCC(COC1CC(OCC(COCC(COCCOCCOCCC)OCCOCCC)OCCOCCC)C1OCCOCCC)OCCOCCC)OCCOCCC)OCCOCCC. The minimum absolute atomic E-state index is 0.238. The Hall–Kier alpha value is -0.920. The third kappa shape index (κ3) is 52.7. The molecule has 1 rings (SSSR count). The van der Waals surface area contributed by atoms with E-state index in [4.69, 9.17) is 109 Å². The summed E-state index contributed by atoms with van der Waals surface area (Å²) < 4.78 is 138. The van der Waals surface area contributed by atoms with Crippen LogP contribution in [-0.2, 0) is 109 Å². The van der Waals surface area contributed by atoms with Crippen molar-refractivity contribution in [3.63, 3.8) is 0 Å². The van der Waals surface area contributed by atoms with Gasteiger partial charge in [0, 0.05) is 59.3 Å². The van der Waals surface area contributed by atoms with Gasteiger partial charge in [-0.2, -0.15) is 0 Å². The zero-order valence-corrected chi connectivity index (χ0v) is 55.2. The summed E-state index contributed by atoms with van der Waals surface area (Å²) in [5.41, 5.74) is 0. The highest BCUT2D eigenvalue weighted by Crippen LogP contribution is 2.31. The van der Waals surface area contributed by atoms with Crippen molar-refractivity contribution in [1.29, 1.82) is 0 Å². The van der Waals surface area contributed by atoms with E-state index in [2.05, 4.69) is 55.4 Å². The average molecular weight is 1250 g/mol. The Labute approximate surface area is 520 Å². The van der Waals surface area contributed by atoms with Gasteiger partial charge in [0.15, 0.2) is 0 Å². The van der Waals surface area contributed by atoms with Gasteiger partial charge in [-0.1, -0.05) is 55.4 Å². The van der Waals surface area contributed by atoms with Crippen LogP contribution < -0.4 is 0 Å². The topological polar surface area (TPSA) is 212 Å². The lowest BCUT2D eigenvalue weighted by molar-refractivity contribution is -0.229. The molecule has 0 amide bonds. The molecule has 1 aliphatic rings. The molecule has 1 aliphatic carbocycles. The Morgan fingerprint density at radius 3 is 0.651 bits per heavy atom. The van der Waals surface area contributed by atoms with Crippen molar-refractivity contribution in [2.24, 2.45) is 0 Å². The molecule has 1 fully saturated rings. The van der Waals surface area contributed by atoms with Crippen LogP contribution in [0.3, 0.4) is 0 Å². The predicted molar refractivity (Wildman–Crippen MR) is 327 cm³/mol. The van der Waals surface area contributed by atoms with Gasteiger partial charge in [0.25, 0.3) is 0 Å². The molecular weight excluding hydrogens is 1120 g/mol. The zero-order valence-electron chi connectivity index (χ0n) is 55.2. The lowest BCUT2D eigenvalue weighted by Gasteiger charge is -2.44. The number of hydrogen-bond donors (Lipinski definition) is 0. The molecule has 0 aromatic rings. The van der Waals surface area contributed by atoms with E-state index in [-0.39, 0.29) is 83.4 Å². The minimum atomic E-state index is -0.420. The van der Waals surface area contributed by atoms with E-state index in [0.29, 0.717) is 191 Å². The molecule has 0 aromatic heterocycles. The predicted octanol–water partition coefficient (Wildman–Crippen LogP) is 7.00. The maximum absolute atomic E-state index is 6.61. The zero-order chi connectivity index (χ0) is 62.1. The molecule has 0 heterocycles. The maximum Gasteiger partial charge on any atom is 0.110 e. The van der Waals surface area contributed by atoms with E-state index in [0.717, 1.165) is 64.6 Å². The van der Waals surface area contributed by atoms with Gasteiger partial charge in [0.05, 0.1) is 210 Å². The first-order valence-corrected chi connectivity index (χ1v) is 33.1. The number of hydrogen-bond acceptors (Lipinski definition) is 23. The summed E-state index contributed by atoms with van der Waals surface area (Å²) in [7, 11) is 0. The van der Waals surface area contributed by atoms with Crippen molar-refractivity contribution in [3.8, 4) is 0 Å². The summed E-state index contributed by atoms with van der Waals surface area (Å²) in [5, 5.41) is 0. The molecule has 516 valence electrons. The van der Waals surface area contributed by atoms with Crippen LogP contribution in [-0.4, -0.2) is 300 Å². The van der Waals surface area contributed by atoms with Gasteiger partial charge in [0.2, 0.25) is 0 Å². The van der Waals surface area contributed by atoms with Gasteiger partial charge in [-0.05, 0) is 51.4 Å². The molecule has 0 aromatic carbocycles. The fraction of sp³-hybridized carbons (Fsp3) is 1.00. The van der Waals surface area contributed by atoms with Crippen LogP contribution in [0.15, 0.2) is 0 Å². The molecule has 0 aliphatic heterocycles. The molecule has 23 heteroatoms. The van der Waals surface area contributed by atoms with Crippen molar-refractivity contribution in [3.05, 3.63) is 0 Å². The van der Waals surface area contributed by atoms with Gasteiger partial charge in [-0.25, -0.2) is 0 Å². The largest absolute Gasteiger partial charge is 0.379 e. The van der Waals surface area contributed by atoms with Crippen molar-refractivity contribution in [1.82, 2.24) is 0 Å². The van der Waals surface area contributed by atoms with E-state index in [1.54, 1.807) is 0 Å². The van der Waals surface area contributed by atoms with E-state index < -0.39 is 18.3 Å². The Morgan fingerprint density at radius 1 is 0.198 bits per heavy atom. The van der Waals surface area contributed by atoms with Crippen LogP contribution >= 0.6 is 0 Å². The molecule has 0 radical (unpaired) electrons. The van der Waals surface area contributed by atoms with Gasteiger partial charge < -0.3 is 109 Å². The Bertz CT molecular complexity index is 1300. The number of rotatable bonds is 74. The molecule has 8 atom stereocenters. The molecule has 0 saturated heterocycles. The highest BCUT2D eigenvalue weighted by Gasteiger charge is 2.44. The lowest BCUT2D eigenvalue weighted by atomic mass is 9.87. The van der Waals surface area contributed by atoms with Crippen molar-refractivity contribution < 1.29 is 109 Å². The molecule has 8 unspecified atom stereocenters. The summed E-state index contributed by atoms with van der Waals surface area (Å²) >= 11 is 0. The van der Waals surface area contributed by atoms with Crippen LogP contribution in [0.2, 0.25) is 0 Å². The molecule has 0 N–H and O–H groups in total. The highest BCUT2D eigenvalue weighted by atomic mass is 16.6. The van der Waals surface area contributed by atoms with E-state index in [1.165, 1.54) is 0 Å². The molecule has 0 spiro atoms. The summed E-state index contributed by atoms with van der Waals surface area (Å²) in [6.45, 7) is 33.9. The molecule has 23 nitrogen and oxygen atoms in total. The highest BCUT2D eigenvalue weighted by molar-refractivity contribution is 4.94. The second kappa shape index (κ2) is 67.0. The van der Waals surface area contributed by atoms with Gasteiger partial charge >= 0.3 is 0 Å². The quantitative estimate of drug-likeness (QED) is 0.0561. The smallest absolute Gasteiger partial charge is 0.110 e. The fourth-order valence-corrected chi connectivity index (χ4v) is 7.95. The van der Waals surface area contributed by atoms with Crippen LogP contribution in [0, 0.1) is 0 Å². The Kier molecular flexibility index (Phi) is 64.7. The van der Waals surface area contributed by atoms with Crippen LogP contribution in [0.25, 0.3) is 0 Å². The van der Waals surface area contributed by atoms with Crippen LogP contribution in [0.5, 0.6) is 0 Å². The third-order valence-electron chi connectivity index (χ3n) is 12.3. The first-order valence-electron chi connectivity index (χ1n) is 33.1. The van der Waals surface area contributed by atoms with Crippen molar-refractivity contribution in [2.45, 2.75) is 162 Å². The summed E-state index contributed by atoms with van der Waals surface area (Å²) in [6, 6.07) is 0. The standard InChI is InChI=1S/C63H126O23/c1-9-17-64-25-27-72-29-31-74-46-56(79-39-33-66-19-11-3)48-76-50-58(81-41-35-68-21-13-5)51-78-53-60(83-43-37-70-23-15-7)55-86-62-45-61(63(62)84-44-38-71-24-16-8)85-54-59(82-42-36-69-22-14-6)52-77-49-57(80-40-34-67-20-12-4)47-75-32-30-73-28-26-65-18-10-2/h56-63H,9-55H2,1-8H3. The summed E-state index contributed by atoms with van der Waals surface area (Å²) in [4.78, 5) is 0. The van der Waals surface area contributed by atoms with Crippen LogP contribution in [0.1, 0.15) is 113 Å². The lowest BCUT2D eigenvalue weighted by Crippen LogP contribution is -2.56. The van der Waals surface area contributed by atoms with Gasteiger partial charge in [0.1, 0.15) is 36.6 Å². The minimum Gasteiger partial charge on any atom is -0.379 e.